The SMILES string of the molecule is O=C(NCC(c1ccc(F)cc1)N1CCOCC1)c1cnccn1. The number of rotatable bonds is 5. The summed E-state index contributed by atoms with van der Waals surface area (Å²) < 4.78 is 18.6. The van der Waals surface area contributed by atoms with Gasteiger partial charge in [0.15, 0.2) is 0 Å². The zero-order valence-corrected chi connectivity index (χ0v) is 13.2. The van der Waals surface area contributed by atoms with Crippen LogP contribution in [-0.2, 0) is 4.74 Å². The van der Waals surface area contributed by atoms with Crippen molar-refractivity contribution in [2.75, 3.05) is 32.8 Å². The molecule has 1 aliphatic heterocycles. The molecule has 24 heavy (non-hydrogen) atoms. The third kappa shape index (κ3) is 4.12. The van der Waals surface area contributed by atoms with Gasteiger partial charge in [0.25, 0.3) is 5.91 Å². The molecule has 6 nitrogen and oxygen atoms in total. The number of benzene rings is 1. The fourth-order valence-corrected chi connectivity index (χ4v) is 2.73. The van der Waals surface area contributed by atoms with Crippen molar-refractivity contribution in [2.45, 2.75) is 6.04 Å². The standard InChI is InChI=1S/C17H19FN4O2/c18-14-3-1-13(2-4-14)16(22-7-9-24-10-8-22)12-21-17(23)15-11-19-5-6-20-15/h1-6,11,16H,7-10,12H2,(H,21,23). The Kier molecular flexibility index (Phi) is 5.45. The maximum Gasteiger partial charge on any atom is 0.271 e. The average molecular weight is 330 g/mol. The summed E-state index contributed by atoms with van der Waals surface area (Å²) in [5.74, 6) is -0.549. The van der Waals surface area contributed by atoms with Crippen molar-refractivity contribution in [3.63, 3.8) is 0 Å². The smallest absolute Gasteiger partial charge is 0.271 e. The maximum absolute atomic E-state index is 13.2. The summed E-state index contributed by atoms with van der Waals surface area (Å²) in [5, 5.41) is 2.89. The normalized spacial score (nSPS) is 16.5. The lowest BCUT2D eigenvalue weighted by atomic mass is 10.0. The van der Waals surface area contributed by atoms with E-state index < -0.39 is 0 Å². The number of nitrogens with zero attached hydrogens (tertiary/aromatic N) is 3. The molecule has 1 aromatic heterocycles. The molecular formula is C17H19FN4O2. The molecule has 0 bridgehead atoms. The minimum absolute atomic E-state index is 0.0462. The van der Waals surface area contributed by atoms with Gasteiger partial charge in [0, 0.05) is 32.0 Å². The Balaban J connectivity index is 1.72. The van der Waals surface area contributed by atoms with E-state index >= 15 is 0 Å². The predicted octanol–water partition coefficient (Wildman–Crippen LogP) is 1.42. The number of nitrogens with one attached hydrogen (secondary N) is 1. The van der Waals surface area contributed by atoms with E-state index in [-0.39, 0.29) is 23.5 Å². The van der Waals surface area contributed by atoms with Gasteiger partial charge in [-0.2, -0.15) is 0 Å². The van der Waals surface area contributed by atoms with E-state index in [0.29, 0.717) is 19.8 Å². The van der Waals surface area contributed by atoms with Gasteiger partial charge in [-0.05, 0) is 17.7 Å². The van der Waals surface area contributed by atoms with E-state index in [0.717, 1.165) is 18.7 Å². The van der Waals surface area contributed by atoms with Gasteiger partial charge in [-0.25, -0.2) is 9.37 Å². The number of aromatic nitrogens is 2. The van der Waals surface area contributed by atoms with Crippen molar-refractivity contribution in [1.29, 1.82) is 0 Å². The molecule has 0 radical (unpaired) electrons. The lowest BCUT2D eigenvalue weighted by Gasteiger charge is -2.34. The highest BCUT2D eigenvalue weighted by Crippen LogP contribution is 2.21. The van der Waals surface area contributed by atoms with Crippen LogP contribution in [0.5, 0.6) is 0 Å². The molecule has 1 aromatic carbocycles. The van der Waals surface area contributed by atoms with Crippen molar-refractivity contribution >= 4 is 5.91 Å². The minimum atomic E-state index is -0.275. The number of ether oxygens (including phenoxy) is 1. The van der Waals surface area contributed by atoms with Crippen LogP contribution in [0.1, 0.15) is 22.1 Å². The molecule has 1 fully saturated rings. The second-order valence-corrected chi connectivity index (χ2v) is 5.52. The van der Waals surface area contributed by atoms with Gasteiger partial charge in [-0.15, -0.1) is 0 Å². The summed E-state index contributed by atoms with van der Waals surface area (Å²) >= 11 is 0. The van der Waals surface area contributed by atoms with Crippen molar-refractivity contribution in [3.05, 3.63) is 59.9 Å². The van der Waals surface area contributed by atoms with Crippen LogP contribution in [-0.4, -0.2) is 53.6 Å². The summed E-state index contributed by atoms with van der Waals surface area (Å²) in [4.78, 5) is 22.3. The first kappa shape index (κ1) is 16.5. The first-order valence-corrected chi connectivity index (χ1v) is 7.85. The molecule has 1 saturated heterocycles. The van der Waals surface area contributed by atoms with Crippen molar-refractivity contribution < 1.29 is 13.9 Å². The summed E-state index contributed by atoms with van der Waals surface area (Å²) in [6.07, 6.45) is 4.43. The van der Waals surface area contributed by atoms with E-state index in [4.69, 9.17) is 4.74 Å². The van der Waals surface area contributed by atoms with Gasteiger partial charge in [0.1, 0.15) is 11.5 Å². The topological polar surface area (TPSA) is 67.4 Å². The van der Waals surface area contributed by atoms with Crippen molar-refractivity contribution in [3.8, 4) is 0 Å². The molecule has 2 aromatic rings. The van der Waals surface area contributed by atoms with Gasteiger partial charge in [0.05, 0.1) is 25.5 Å². The van der Waals surface area contributed by atoms with E-state index in [9.17, 15) is 9.18 Å². The van der Waals surface area contributed by atoms with E-state index in [1.54, 1.807) is 12.1 Å². The molecule has 1 unspecified atom stereocenters. The summed E-state index contributed by atoms with van der Waals surface area (Å²) in [6.45, 7) is 3.23. The summed E-state index contributed by atoms with van der Waals surface area (Å²) in [5.41, 5.74) is 1.23. The molecule has 1 N–H and O–H groups in total. The molecule has 0 spiro atoms. The van der Waals surface area contributed by atoms with Crippen LogP contribution in [0.2, 0.25) is 0 Å². The lowest BCUT2D eigenvalue weighted by molar-refractivity contribution is 0.0162. The van der Waals surface area contributed by atoms with Gasteiger partial charge in [-0.1, -0.05) is 12.1 Å². The maximum atomic E-state index is 13.2. The quantitative estimate of drug-likeness (QED) is 0.898. The highest BCUT2D eigenvalue weighted by atomic mass is 19.1. The van der Waals surface area contributed by atoms with Gasteiger partial charge >= 0.3 is 0 Å². The Morgan fingerprint density at radius 3 is 2.67 bits per heavy atom. The number of hydrogen-bond donors (Lipinski definition) is 1. The Hall–Kier alpha value is -2.38. The Labute approximate surface area is 139 Å². The van der Waals surface area contributed by atoms with Crippen LogP contribution in [0.15, 0.2) is 42.9 Å². The average Bonchev–Trinajstić information content (AvgIpc) is 2.65. The fourth-order valence-electron chi connectivity index (χ4n) is 2.73. The van der Waals surface area contributed by atoms with Gasteiger partial charge in [-0.3, -0.25) is 14.7 Å². The Bertz CT molecular complexity index is 660. The number of morpholine rings is 1. The number of amides is 1. The van der Waals surface area contributed by atoms with E-state index in [1.807, 2.05) is 0 Å². The van der Waals surface area contributed by atoms with Crippen molar-refractivity contribution in [2.24, 2.45) is 0 Å². The number of carbonyl (C=O) groups excluding carboxylic acids is 1. The largest absolute Gasteiger partial charge is 0.379 e. The Morgan fingerprint density at radius 2 is 2.00 bits per heavy atom. The summed E-state index contributed by atoms with van der Waals surface area (Å²) in [6, 6.07) is 6.34. The summed E-state index contributed by atoms with van der Waals surface area (Å²) in [7, 11) is 0. The highest BCUT2D eigenvalue weighted by molar-refractivity contribution is 5.91. The predicted molar refractivity (Wildman–Crippen MR) is 85.9 cm³/mol. The Morgan fingerprint density at radius 1 is 1.25 bits per heavy atom. The molecule has 2 heterocycles. The second kappa shape index (κ2) is 7.94. The molecule has 3 rings (SSSR count). The molecule has 0 aliphatic carbocycles. The minimum Gasteiger partial charge on any atom is -0.379 e. The molecule has 1 atom stereocenters. The van der Waals surface area contributed by atoms with E-state index in [2.05, 4.69) is 20.2 Å². The van der Waals surface area contributed by atoms with Gasteiger partial charge in [0.2, 0.25) is 0 Å². The zero-order chi connectivity index (χ0) is 16.8. The third-order valence-corrected chi connectivity index (χ3v) is 3.99. The highest BCUT2D eigenvalue weighted by Gasteiger charge is 2.23. The van der Waals surface area contributed by atoms with Crippen LogP contribution in [0, 0.1) is 5.82 Å². The first-order valence-electron chi connectivity index (χ1n) is 7.85. The van der Waals surface area contributed by atoms with Crippen LogP contribution in [0.3, 0.4) is 0 Å². The molecule has 1 aliphatic rings. The number of hydrogen-bond acceptors (Lipinski definition) is 5. The van der Waals surface area contributed by atoms with Crippen molar-refractivity contribution in [1.82, 2.24) is 20.2 Å². The van der Waals surface area contributed by atoms with Crippen LogP contribution in [0.25, 0.3) is 0 Å². The molecule has 1 amide bonds. The van der Waals surface area contributed by atoms with Crippen LogP contribution in [0.4, 0.5) is 4.39 Å². The lowest BCUT2D eigenvalue weighted by Crippen LogP contribution is -2.43. The molecule has 7 heteroatoms. The molecule has 126 valence electrons. The second-order valence-electron chi connectivity index (χ2n) is 5.52. The van der Waals surface area contributed by atoms with Crippen LogP contribution < -0.4 is 5.32 Å². The molecule has 0 saturated carbocycles. The molecular weight excluding hydrogens is 311 g/mol. The zero-order valence-electron chi connectivity index (χ0n) is 13.2. The number of carbonyl (C=O) groups is 1. The van der Waals surface area contributed by atoms with E-state index in [1.165, 1.54) is 30.7 Å². The number of halogens is 1. The first-order chi connectivity index (χ1) is 11.7. The van der Waals surface area contributed by atoms with Gasteiger partial charge < -0.3 is 10.1 Å². The van der Waals surface area contributed by atoms with Crippen LogP contribution >= 0.6 is 0 Å². The third-order valence-electron chi connectivity index (χ3n) is 3.99. The fraction of sp³-hybridized carbons (Fsp3) is 0.353. The monoisotopic (exact) mass is 330 g/mol.